The van der Waals surface area contributed by atoms with Crippen molar-refractivity contribution in [3.63, 3.8) is 0 Å². The Hall–Kier alpha value is -1.57. The summed E-state index contributed by atoms with van der Waals surface area (Å²) in [6.07, 6.45) is 0.418. The number of carbonyl (C=O) groups is 1. The Kier molecular flexibility index (Phi) is 4.29. The Morgan fingerprint density at radius 3 is 2.56 bits per heavy atom. The molecule has 5 nitrogen and oxygen atoms in total. The minimum Gasteiger partial charge on any atom is -0.541 e. The molecule has 76 valence electrons. The Morgan fingerprint density at radius 2 is 2.00 bits per heavy atom. The van der Waals surface area contributed by atoms with Crippen molar-refractivity contribution in [3.8, 4) is 0 Å². The van der Waals surface area contributed by atoms with Crippen LogP contribution in [0.15, 0.2) is 34.9 Å². The summed E-state index contributed by atoms with van der Waals surface area (Å²) < 4.78 is 4.75. The smallest absolute Gasteiger partial charge is 0.541 e. The predicted molar refractivity (Wildman–Crippen MR) is 47.9 cm³/mol. The number of carboxylic acid groups (broad SMARTS) is 1. The van der Waals surface area contributed by atoms with Crippen LogP contribution in [-0.2, 0) is 6.42 Å². The first-order valence-electron chi connectivity index (χ1n) is 4.33. The van der Waals surface area contributed by atoms with Crippen LogP contribution in [0.2, 0.25) is 0 Å². The zero-order valence-corrected chi connectivity index (χ0v) is 8.71. The Labute approximate surface area is 104 Å². The molecule has 1 aromatic heterocycles. The zero-order chi connectivity index (χ0) is 10.7. The Balaban J connectivity index is 0.00000128. The standard InChI is InChI=1S/C10H8N2O3.Li/c13-10(14)9-11-8(15-12-9)6-7-4-2-1-3-5-7;/h1-5H,6H2,(H,13,14);/q;+1/p-1. The number of carboxylic acids is 1. The van der Waals surface area contributed by atoms with Crippen LogP contribution >= 0.6 is 0 Å². The van der Waals surface area contributed by atoms with E-state index in [1.165, 1.54) is 0 Å². The van der Waals surface area contributed by atoms with E-state index in [9.17, 15) is 9.90 Å². The molecule has 0 aliphatic carbocycles. The third-order valence-electron chi connectivity index (χ3n) is 1.85. The van der Waals surface area contributed by atoms with Gasteiger partial charge in [0.2, 0.25) is 11.7 Å². The van der Waals surface area contributed by atoms with Gasteiger partial charge >= 0.3 is 18.9 Å². The minimum absolute atomic E-state index is 0. The average Bonchev–Trinajstić information content (AvgIpc) is 2.68. The molecule has 0 saturated heterocycles. The van der Waals surface area contributed by atoms with E-state index >= 15 is 0 Å². The number of carbonyl (C=O) groups excluding carboxylic acids is 1. The van der Waals surface area contributed by atoms with Gasteiger partial charge in [-0.15, -0.1) is 0 Å². The molecule has 0 aliphatic heterocycles. The molecule has 1 heterocycles. The summed E-state index contributed by atoms with van der Waals surface area (Å²) in [4.78, 5) is 14.0. The van der Waals surface area contributed by atoms with Gasteiger partial charge in [-0.1, -0.05) is 35.5 Å². The number of benzene rings is 1. The maximum Gasteiger partial charge on any atom is 1.00 e. The van der Waals surface area contributed by atoms with Crippen molar-refractivity contribution in [2.45, 2.75) is 6.42 Å². The van der Waals surface area contributed by atoms with Crippen molar-refractivity contribution in [1.29, 1.82) is 0 Å². The third kappa shape index (κ3) is 2.96. The van der Waals surface area contributed by atoms with Gasteiger partial charge in [0, 0.05) is 0 Å². The molecule has 0 radical (unpaired) electrons. The second-order valence-corrected chi connectivity index (χ2v) is 2.96. The molecule has 6 heteroatoms. The Bertz CT molecular complexity index is 470. The van der Waals surface area contributed by atoms with E-state index in [1.54, 1.807) is 0 Å². The van der Waals surface area contributed by atoms with Crippen molar-refractivity contribution < 1.29 is 33.3 Å². The minimum atomic E-state index is -1.43. The van der Waals surface area contributed by atoms with Gasteiger partial charge in [0.15, 0.2) is 0 Å². The molecule has 0 spiro atoms. The maximum atomic E-state index is 10.4. The molecule has 2 rings (SSSR count). The predicted octanol–water partition coefficient (Wildman–Crippen LogP) is -2.97. The van der Waals surface area contributed by atoms with Gasteiger partial charge in [0.25, 0.3) is 0 Å². The van der Waals surface area contributed by atoms with E-state index in [1.807, 2.05) is 30.3 Å². The molecule has 2 aromatic rings. The van der Waals surface area contributed by atoms with Crippen LogP contribution in [0.1, 0.15) is 22.1 Å². The summed E-state index contributed by atoms with van der Waals surface area (Å²) in [6, 6.07) is 9.44. The summed E-state index contributed by atoms with van der Waals surface area (Å²) in [5.41, 5.74) is 0.978. The van der Waals surface area contributed by atoms with Gasteiger partial charge in [0.05, 0.1) is 6.42 Å². The SMILES string of the molecule is O=C([O-])c1noc(Cc2ccccc2)n1.[Li+]. The van der Waals surface area contributed by atoms with Gasteiger partial charge < -0.3 is 14.4 Å². The number of hydrogen-bond acceptors (Lipinski definition) is 5. The molecular formula is C10H7LiN2O3. The summed E-state index contributed by atoms with van der Waals surface area (Å²) >= 11 is 0. The van der Waals surface area contributed by atoms with Crippen LogP contribution < -0.4 is 24.0 Å². The fourth-order valence-corrected chi connectivity index (χ4v) is 1.18. The van der Waals surface area contributed by atoms with Gasteiger partial charge in [-0.3, -0.25) is 0 Å². The number of rotatable bonds is 3. The van der Waals surface area contributed by atoms with E-state index in [0.717, 1.165) is 5.56 Å². The Morgan fingerprint density at radius 1 is 1.31 bits per heavy atom. The average molecular weight is 210 g/mol. The summed E-state index contributed by atoms with van der Waals surface area (Å²) in [5, 5.41) is 13.6. The van der Waals surface area contributed by atoms with Crippen molar-refractivity contribution in [3.05, 3.63) is 47.6 Å². The molecule has 0 amide bonds. The largest absolute Gasteiger partial charge is 1.00 e. The fraction of sp³-hybridized carbons (Fsp3) is 0.100. The first kappa shape index (κ1) is 12.5. The number of aromatic nitrogens is 2. The van der Waals surface area contributed by atoms with Crippen LogP contribution in [0.5, 0.6) is 0 Å². The maximum absolute atomic E-state index is 10.4. The van der Waals surface area contributed by atoms with Crippen molar-refractivity contribution >= 4 is 5.97 Å². The molecule has 0 N–H and O–H groups in total. The van der Waals surface area contributed by atoms with Crippen molar-refractivity contribution in [2.75, 3.05) is 0 Å². The first-order chi connectivity index (χ1) is 7.25. The monoisotopic (exact) mass is 210 g/mol. The van der Waals surface area contributed by atoms with Crippen LogP contribution in [0.25, 0.3) is 0 Å². The van der Waals surface area contributed by atoms with Crippen LogP contribution in [0, 0.1) is 0 Å². The molecule has 0 saturated carbocycles. The number of nitrogens with zero attached hydrogens (tertiary/aromatic N) is 2. The molecule has 0 atom stereocenters. The summed E-state index contributed by atoms with van der Waals surface area (Å²) in [7, 11) is 0. The van der Waals surface area contributed by atoms with Crippen molar-refractivity contribution in [2.24, 2.45) is 0 Å². The van der Waals surface area contributed by atoms with Gasteiger partial charge in [-0.25, -0.2) is 0 Å². The quantitative estimate of drug-likeness (QED) is 0.505. The van der Waals surface area contributed by atoms with Gasteiger partial charge in [0.1, 0.15) is 5.97 Å². The third-order valence-corrected chi connectivity index (χ3v) is 1.85. The normalized spacial score (nSPS) is 9.50. The fourth-order valence-electron chi connectivity index (χ4n) is 1.18. The topological polar surface area (TPSA) is 79.0 Å². The van der Waals surface area contributed by atoms with Crippen molar-refractivity contribution in [1.82, 2.24) is 10.1 Å². The van der Waals surface area contributed by atoms with Gasteiger partial charge in [-0.05, 0) is 5.56 Å². The second-order valence-electron chi connectivity index (χ2n) is 2.96. The molecule has 1 aromatic carbocycles. The van der Waals surface area contributed by atoms with Crippen LogP contribution in [-0.4, -0.2) is 16.1 Å². The first-order valence-corrected chi connectivity index (χ1v) is 4.33. The van der Waals surface area contributed by atoms with Crippen LogP contribution in [0.4, 0.5) is 0 Å². The molecular weight excluding hydrogens is 203 g/mol. The zero-order valence-electron chi connectivity index (χ0n) is 8.71. The summed E-state index contributed by atoms with van der Waals surface area (Å²) in [5.74, 6) is -1.58. The molecule has 0 aliphatic rings. The van der Waals surface area contributed by atoms with Gasteiger partial charge in [-0.2, -0.15) is 4.98 Å². The molecule has 0 unspecified atom stereocenters. The van der Waals surface area contributed by atoms with E-state index in [-0.39, 0.29) is 24.8 Å². The molecule has 0 fully saturated rings. The number of hydrogen-bond donors (Lipinski definition) is 0. The van der Waals surface area contributed by atoms with E-state index in [0.29, 0.717) is 6.42 Å². The van der Waals surface area contributed by atoms with E-state index in [4.69, 9.17) is 4.52 Å². The van der Waals surface area contributed by atoms with E-state index in [2.05, 4.69) is 10.1 Å². The summed E-state index contributed by atoms with van der Waals surface area (Å²) in [6.45, 7) is 0. The number of aromatic carboxylic acids is 1. The van der Waals surface area contributed by atoms with Crippen LogP contribution in [0.3, 0.4) is 0 Å². The van der Waals surface area contributed by atoms with E-state index < -0.39 is 11.8 Å². The second kappa shape index (κ2) is 5.49. The molecule has 16 heavy (non-hydrogen) atoms. The molecule has 0 bridgehead atoms.